The molecule has 1 radical (unpaired) electrons. The smallest absolute Gasteiger partial charge is 0.0743 e. The second-order valence-electron chi connectivity index (χ2n) is 11.1. The average molecular weight is 659 g/mol. The summed E-state index contributed by atoms with van der Waals surface area (Å²) in [7, 11) is -1.99. The Hall–Kier alpha value is -2.84. The predicted molar refractivity (Wildman–Crippen MR) is 154 cm³/mol. The molecule has 7 rings (SSSR count). The van der Waals surface area contributed by atoms with E-state index in [-0.39, 0.29) is 20.1 Å². The third kappa shape index (κ3) is 3.34. The van der Waals surface area contributed by atoms with E-state index in [9.17, 15) is 0 Å². The molecule has 0 amide bonds. The van der Waals surface area contributed by atoms with E-state index in [4.69, 9.17) is 4.98 Å². The van der Waals surface area contributed by atoms with Gasteiger partial charge in [-0.2, -0.15) is 0 Å². The summed E-state index contributed by atoms with van der Waals surface area (Å²) < 4.78 is 0. The number of hydrogen-bond acceptors (Lipinski definition) is 1. The van der Waals surface area contributed by atoms with E-state index < -0.39 is 8.07 Å². The molecular formula is C33H28IrNSi-. The fourth-order valence-electron chi connectivity index (χ4n) is 6.23. The van der Waals surface area contributed by atoms with Crippen molar-refractivity contribution < 1.29 is 20.1 Å². The molecule has 6 aromatic rings. The average Bonchev–Trinajstić information content (AvgIpc) is 2.85. The molecule has 0 N–H and O–H groups in total. The molecule has 0 saturated carbocycles. The molecule has 0 aliphatic carbocycles. The van der Waals surface area contributed by atoms with Gasteiger partial charge in [0, 0.05) is 32.0 Å². The van der Waals surface area contributed by atoms with E-state index in [1.807, 2.05) is 6.20 Å². The summed E-state index contributed by atoms with van der Waals surface area (Å²) in [4.78, 5) is 4.96. The Morgan fingerprint density at radius 3 is 2.42 bits per heavy atom. The molecule has 1 aromatic heterocycles. The molecule has 36 heavy (non-hydrogen) atoms. The number of pyridine rings is 1. The summed E-state index contributed by atoms with van der Waals surface area (Å²) >= 11 is 0. The maximum atomic E-state index is 4.96. The van der Waals surface area contributed by atoms with Gasteiger partial charge in [0.25, 0.3) is 0 Å². The number of fused-ring (bicyclic) bond motifs is 7. The van der Waals surface area contributed by atoms with Crippen LogP contribution in [-0.2, 0) is 26.5 Å². The second-order valence-corrected chi connectivity index (χ2v) is 15.4. The maximum Gasteiger partial charge on any atom is 0.0743 e. The van der Waals surface area contributed by atoms with Crippen LogP contribution in [0, 0.1) is 12.0 Å². The van der Waals surface area contributed by atoms with Crippen molar-refractivity contribution in [2.75, 3.05) is 0 Å². The molecular weight excluding hydrogens is 631 g/mol. The molecule has 2 heterocycles. The molecule has 0 saturated heterocycles. The zero-order valence-corrected chi connectivity index (χ0v) is 24.5. The van der Waals surface area contributed by atoms with Crippen LogP contribution in [0.5, 0.6) is 0 Å². The largest absolute Gasteiger partial charge is 0.294 e. The van der Waals surface area contributed by atoms with Crippen LogP contribution in [0.4, 0.5) is 0 Å². The van der Waals surface area contributed by atoms with Crippen molar-refractivity contribution in [1.82, 2.24) is 4.98 Å². The van der Waals surface area contributed by atoms with E-state index in [1.54, 1.807) is 0 Å². The number of aromatic nitrogens is 1. The van der Waals surface area contributed by atoms with Crippen molar-refractivity contribution in [2.45, 2.75) is 33.4 Å². The summed E-state index contributed by atoms with van der Waals surface area (Å²) in [6.07, 6.45) is 3.10. The minimum Gasteiger partial charge on any atom is -0.294 e. The molecule has 0 unspecified atom stereocenters. The molecule has 0 bridgehead atoms. The van der Waals surface area contributed by atoms with Gasteiger partial charge in [0.15, 0.2) is 0 Å². The number of hydrogen-bond donors (Lipinski definition) is 0. The van der Waals surface area contributed by atoms with Crippen molar-refractivity contribution in [2.24, 2.45) is 5.92 Å². The van der Waals surface area contributed by atoms with Gasteiger partial charge in [-0.05, 0) is 56.3 Å². The van der Waals surface area contributed by atoms with Crippen molar-refractivity contribution in [1.29, 1.82) is 0 Å². The van der Waals surface area contributed by atoms with Crippen LogP contribution >= 0.6 is 0 Å². The van der Waals surface area contributed by atoms with Crippen molar-refractivity contribution in [3.8, 4) is 11.3 Å². The van der Waals surface area contributed by atoms with Crippen LogP contribution in [0.15, 0.2) is 79.0 Å². The summed E-state index contributed by atoms with van der Waals surface area (Å²) in [6.45, 7) is 9.60. The van der Waals surface area contributed by atoms with E-state index in [1.165, 1.54) is 64.6 Å². The molecule has 0 fully saturated rings. The molecule has 3 heteroatoms. The molecule has 1 aliphatic rings. The van der Waals surface area contributed by atoms with Crippen LogP contribution in [0.2, 0.25) is 13.1 Å². The van der Waals surface area contributed by atoms with Crippen LogP contribution < -0.4 is 10.4 Å². The Labute approximate surface area is 226 Å². The van der Waals surface area contributed by atoms with Crippen molar-refractivity contribution in [3.63, 3.8) is 0 Å². The molecule has 179 valence electrons. The molecule has 0 spiro atoms. The van der Waals surface area contributed by atoms with Crippen LogP contribution in [-0.4, -0.2) is 13.1 Å². The Morgan fingerprint density at radius 1 is 0.778 bits per heavy atom. The zero-order chi connectivity index (χ0) is 23.9. The van der Waals surface area contributed by atoms with Gasteiger partial charge in [-0.3, -0.25) is 4.98 Å². The van der Waals surface area contributed by atoms with Crippen LogP contribution in [0.3, 0.4) is 0 Å². The maximum absolute atomic E-state index is 4.96. The monoisotopic (exact) mass is 659 g/mol. The first-order valence-corrected chi connectivity index (χ1v) is 15.7. The van der Waals surface area contributed by atoms with Gasteiger partial charge in [-0.25, -0.2) is 0 Å². The topological polar surface area (TPSA) is 12.9 Å². The van der Waals surface area contributed by atoms with Gasteiger partial charge in [0.1, 0.15) is 0 Å². The Balaban J connectivity index is 0.00000240. The van der Waals surface area contributed by atoms with Crippen LogP contribution in [0.25, 0.3) is 54.3 Å². The Bertz CT molecular complexity index is 1830. The minimum atomic E-state index is -1.99. The number of nitrogens with zero attached hydrogens (tertiary/aromatic N) is 1. The Morgan fingerprint density at radius 2 is 1.58 bits per heavy atom. The molecule has 1 nitrogen and oxygen atoms in total. The fourth-order valence-corrected chi connectivity index (χ4v) is 9.22. The zero-order valence-electron chi connectivity index (χ0n) is 21.1. The van der Waals surface area contributed by atoms with E-state index in [2.05, 4.69) is 106 Å². The summed E-state index contributed by atoms with van der Waals surface area (Å²) in [5, 5.41) is 13.5. The first kappa shape index (κ1) is 23.5. The minimum absolute atomic E-state index is 0. The quantitative estimate of drug-likeness (QED) is 0.107. The van der Waals surface area contributed by atoms with Gasteiger partial charge in [-0.15, -0.1) is 28.8 Å². The molecule has 5 aromatic carbocycles. The molecule has 0 atom stereocenters. The van der Waals surface area contributed by atoms with Gasteiger partial charge in [0.2, 0.25) is 0 Å². The third-order valence-electron chi connectivity index (χ3n) is 7.94. The Kier molecular flexibility index (Phi) is 5.46. The number of rotatable bonds is 2. The summed E-state index contributed by atoms with van der Waals surface area (Å²) in [6, 6.07) is 31.2. The van der Waals surface area contributed by atoms with Gasteiger partial charge < -0.3 is 0 Å². The summed E-state index contributed by atoms with van der Waals surface area (Å²) in [5.41, 5.74) is 3.73. The fraction of sp³-hybridized carbons (Fsp3) is 0.182. The second kappa shape index (κ2) is 8.35. The summed E-state index contributed by atoms with van der Waals surface area (Å²) in [5.74, 6) is 0.645. The first-order valence-electron chi connectivity index (χ1n) is 12.7. The van der Waals surface area contributed by atoms with Crippen LogP contribution in [0.1, 0.15) is 19.4 Å². The van der Waals surface area contributed by atoms with Gasteiger partial charge >= 0.3 is 0 Å². The SMILES string of the molecule is CC(C)Cc1ccc2ccc3c4ccnc5c4c(cc3c2c1)[Si](C)(C)c1cc2ccccc2[c-]c1-5.[Ir]. The first-order chi connectivity index (χ1) is 16.9. The van der Waals surface area contributed by atoms with Crippen molar-refractivity contribution in [3.05, 3.63) is 90.6 Å². The normalized spacial score (nSPS) is 13.9. The van der Waals surface area contributed by atoms with Crippen molar-refractivity contribution >= 4 is 61.5 Å². The van der Waals surface area contributed by atoms with E-state index >= 15 is 0 Å². The van der Waals surface area contributed by atoms with Gasteiger partial charge in [-0.1, -0.05) is 97.7 Å². The van der Waals surface area contributed by atoms with Gasteiger partial charge in [0.05, 0.1) is 8.07 Å². The van der Waals surface area contributed by atoms with E-state index in [0.29, 0.717) is 5.92 Å². The third-order valence-corrected chi connectivity index (χ3v) is 11.4. The predicted octanol–water partition coefficient (Wildman–Crippen LogP) is 7.49. The molecule has 1 aliphatic heterocycles. The standard InChI is InChI=1S/C33H28NSi.Ir/c1-20(2)15-21-9-10-22-11-12-25-26-13-14-34-33-29-17-23-7-5-6-8-24(23)18-30(29)35(3,4)31(32(26)33)19-28(25)27(22)16-21;/h5-14,16,18-20H,15H2,1-4H3;/q-1;. The van der Waals surface area contributed by atoms with E-state index in [0.717, 1.165) is 12.1 Å². The number of benzene rings is 5.